The van der Waals surface area contributed by atoms with E-state index >= 15 is 0 Å². The van der Waals surface area contributed by atoms with Crippen LogP contribution in [0.1, 0.15) is 12.5 Å². The van der Waals surface area contributed by atoms with Crippen LogP contribution < -0.4 is 10.1 Å². The number of hydrogen-bond acceptors (Lipinski definition) is 5. The second-order valence-corrected chi connectivity index (χ2v) is 7.59. The zero-order valence-corrected chi connectivity index (χ0v) is 17.1. The van der Waals surface area contributed by atoms with Crippen LogP contribution in [-0.4, -0.2) is 72.2 Å². The molecule has 0 atom stereocenters. The molecule has 1 aromatic rings. The van der Waals surface area contributed by atoms with Crippen molar-refractivity contribution in [2.24, 2.45) is 4.40 Å². The van der Waals surface area contributed by atoms with Gasteiger partial charge in [-0.3, -0.25) is 4.79 Å². The fourth-order valence-corrected chi connectivity index (χ4v) is 3.13. The van der Waals surface area contributed by atoms with Gasteiger partial charge in [0.25, 0.3) is 10.0 Å². The highest BCUT2D eigenvalue weighted by atomic mass is 32.2. The second kappa shape index (κ2) is 11.0. The van der Waals surface area contributed by atoms with Crippen LogP contribution in [0.3, 0.4) is 0 Å². The summed E-state index contributed by atoms with van der Waals surface area (Å²) in [5.41, 5.74) is 0.392. The first kappa shape index (κ1) is 24.7. The van der Waals surface area contributed by atoms with E-state index in [-0.39, 0.29) is 36.8 Å². The molecule has 0 saturated carbocycles. The molecular formula is C17H24F3N3O5S. The van der Waals surface area contributed by atoms with Gasteiger partial charge in [-0.25, -0.2) is 0 Å². The lowest BCUT2D eigenvalue weighted by Crippen LogP contribution is -2.37. The van der Waals surface area contributed by atoms with E-state index in [0.29, 0.717) is 12.2 Å². The number of carbonyl (C=O) groups is 1. The quantitative estimate of drug-likeness (QED) is 0.320. The highest BCUT2D eigenvalue weighted by Gasteiger charge is 2.38. The molecule has 164 valence electrons. The number of sulfonamides is 1. The molecule has 0 heterocycles. The number of amides is 1. The van der Waals surface area contributed by atoms with E-state index in [0.717, 1.165) is 6.34 Å². The molecule has 0 aliphatic carbocycles. The minimum Gasteiger partial charge on any atom is -0.490 e. The van der Waals surface area contributed by atoms with Gasteiger partial charge in [0.1, 0.15) is 23.6 Å². The fraction of sp³-hybridized carbons (Fsp3) is 0.529. The Hall–Kier alpha value is -2.34. The molecule has 1 amide bonds. The van der Waals surface area contributed by atoms with Crippen molar-refractivity contribution >= 4 is 22.3 Å². The number of hydrogen-bond donors (Lipinski definition) is 1. The summed E-state index contributed by atoms with van der Waals surface area (Å²) in [6.07, 6.45) is -3.88. The van der Waals surface area contributed by atoms with Crippen molar-refractivity contribution < 1.29 is 35.9 Å². The minimum atomic E-state index is -4.98. The van der Waals surface area contributed by atoms with Crippen molar-refractivity contribution in [3.8, 4) is 5.75 Å². The lowest BCUT2D eigenvalue weighted by atomic mass is 10.1. The molecule has 0 bridgehead atoms. The van der Waals surface area contributed by atoms with Crippen LogP contribution in [0.4, 0.5) is 13.2 Å². The molecule has 0 saturated heterocycles. The molecule has 1 N–H and O–H groups in total. The predicted molar refractivity (Wildman–Crippen MR) is 101 cm³/mol. The van der Waals surface area contributed by atoms with Gasteiger partial charge >= 0.3 is 12.1 Å². The molecule has 0 aliphatic heterocycles. The van der Waals surface area contributed by atoms with Crippen molar-refractivity contribution in [1.29, 1.82) is 0 Å². The van der Waals surface area contributed by atoms with E-state index in [4.69, 9.17) is 9.47 Å². The van der Waals surface area contributed by atoms with E-state index in [1.54, 1.807) is 26.3 Å². The Kier molecular flexibility index (Phi) is 9.37. The monoisotopic (exact) mass is 439 g/mol. The first-order valence-corrected chi connectivity index (χ1v) is 10.1. The van der Waals surface area contributed by atoms with E-state index in [1.165, 1.54) is 23.1 Å². The van der Waals surface area contributed by atoms with Gasteiger partial charge in [0.15, 0.2) is 0 Å². The third-order valence-corrected chi connectivity index (χ3v) is 4.60. The molecule has 1 rings (SSSR count). The van der Waals surface area contributed by atoms with Crippen LogP contribution in [0.25, 0.3) is 0 Å². The van der Waals surface area contributed by atoms with Crippen molar-refractivity contribution in [2.75, 3.05) is 40.5 Å². The fourth-order valence-electron chi connectivity index (χ4n) is 2.02. The van der Waals surface area contributed by atoms with Crippen molar-refractivity contribution in [3.05, 3.63) is 23.8 Å². The third-order valence-electron chi connectivity index (χ3n) is 3.35. The van der Waals surface area contributed by atoms with Gasteiger partial charge in [0.2, 0.25) is 0 Å². The Labute approximate surface area is 167 Å². The number of rotatable bonds is 11. The first-order chi connectivity index (χ1) is 13.5. The summed E-state index contributed by atoms with van der Waals surface area (Å²) in [6.45, 7) is 2.32. The Morgan fingerprint density at radius 2 is 1.97 bits per heavy atom. The first-order valence-electron chi connectivity index (χ1n) is 8.62. The smallest absolute Gasteiger partial charge is 0.471 e. The SMILES string of the molecule is CCOCCOc1ccc(CCNC(=O)C(F)(F)F)cc1S(=O)(=O)N=CN(C)C. The Morgan fingerprint density at radius 1 is 1.28 bits per heavy atom. The molecule has 0 radical (unpaired) electrons. The summed E-state index contributed by atoms with van der Waals surface area (Å²) in [4.78, 5) is 12.1. The minimum absolute atomic E-state index is 0.0129. The number of carbonyl (C=O) groups excluding carboxylic acids is 1. The standard InChI is InChI=1S/C17H24F3N3O5S/c1-4-27-9-10-28-14-6-5-13(7-8-21-16(24)17(18,19)20)11-15(14)29(25,26)22-12-23(2)3/h5-6,11-12H,4,7-10H2,1-3H3,(H,21,24). The largest absolute Gasteiger partial charge is 0.490 e. The highest BCUT2D eigenvalue weighted by molar-refractivity contribution is 7.90. The van der Waals surface area contributed by atoms with Crippen LogP contribution in [0.5, 0.6) is 5.75 Å². The van der Waals surface area contributed by atoms with Gasteiger partial charge in [-0.2, -0.15) is 21.6 Å². The van der Waals surface area contributed by atoms with Gasteiger partial charge in [0.05, 0.1) is 6.61 Å². The maximum absolute atomic E-state index is 12.6. The average Bonchev–Trinajstić information content (AvgIpc) is 2.63. The average molecular weight is 439 g/mol. The molecular weight excluding hydrogens is 415 g/mol. The van der Waals surface area contributed by atoms with Crippen LogP contribution in [0.15, 0.2) is 27.5 Å². The zero-order valence-electron chi connectivity index (χ0n) is 16.3. The molecule has 12 heteroatoms. The van der Waals surface area contributed by atoms with Crippen LogP contribution >= 0.6 is 0 Å². The summed E-state index contributed by atoms with van der Waals surface area (Å²) in [5, 5.41) is 1.73. The number of ether oxygens (including phenoxy) is 2. The molecule has 0 unspecified atom stereocenters. The van der Waals surface area contributed by atoms with E-state index in [2.05, 4.69) is 4.40 Å². The summed E-state index contributed by atoms with van der Waals surface area (Å²) < 4.78 is 76.0. The summed E-state index contributed by atoms with van der Waals surface area (Å²) >= 11 is 0. The van der Waals surface area contributed by atoms with Crippen molar-refractivity contribution in [2.45, 2.75) is 24.4 Å². The molecule has 8 nitrogen and oxygen atoms in total. The Bertz CT molecular complexity index is 811. The second-order valence-electron chi connectivity index (χ2n) is 5.99. The van der Waals surface area contributed by atoms with Crippen LogP contribution in [0.2, 0.25) is 0 Å². The van der Waals surface area contributed by atoms with Crippen molar-refractivity contribution in [3.63, 3.8) is 0 Å². The lowest BCUT2D eigenvalue weighted by molar-refractivity contribution is -0.173. The van der Waals surface area contributed by atoms with E-state index in [9.17, 15) is 26.4 Å². The Balaban J connectivity index is 3.02. The highest BCUT2D eigenvalue weighted by Crippen LogP contribution is 2.27. The summed E-state index contributed by atoms with van der Waals surface area (Å²) in [7, 11) is -0.930. The molecule has 0 spiro atoms. The number of halogens is 3. The molecule has 29 heavy (non-hydrogen) atoms. The number of nitrogens with zero attached hydrogens (tertiary/aromatic N) is 2. The zero-order chi connectivity index (χ0) is 22.1. The molecule has 1 aromatic carbocycles. The molecule has 0 aliphatic rings. The summed E-state index contributed by atoms with van der Waals surface area (Å²) in [5.74, 6) is -2.01. The van der Waals surface area contributed by atoms with Gasteiger partial charge in [-0.15, -0.1) is 4.40 Å². The van der Waals surface area contributed by atoms with Gasteiger partial charge < -0.3 is 19.7 Å². The van der Waals surface area contributed by atoms with E-state index in [1.807, 2.05) is 0 Å². The normalized spacial score (nSPS) is 12.2. The van der Waals surface area contributed by atoms with Crippen LogP contribution in [0, 0.1) is 0 Å². The van der Waals surface area contributed by atoms with Gasteiger partial charge in [-0.1, -0.05) is 6.07 Å². The van der Waals surface area contributed by atoms with Gasteiger partial charge in [-0.05, 0) is 31.0 Å². The van der Waals surface area contributed by atoms with Crippen molar-refractivity contribution in [1.82, 2.24) is 10.2 Å². The molecule has 0 aromatic heterocycles. The number of benzene rings is 1. The van der Waals surface area contributed by atoms with Gasteiger partial charge in [0, 0.05) is 27.2 Å². The maximum Gasteiger partial charge on any atom is 0.471 e. The number of nitrogens with one attached hydrogen (secondary N) is 1. The van der Waals surface area contributed by atoms with E-state index < -0.39 is 22.1 Å². The summed E-state index contributed by atoms with van der Waals surface area (Å²) in [6, 6.07) is 4.16. The third kappa shape index (κ3) is 8.69. The maximum atomic E-state index is 12.6. The predicted octanol–water partition coefficient (Wildman–Crippen LogP) is 1.60. The number of alkyl halides is 3. The molecule has 0 fully saturated rings. The van der Waals surface area contributed by atoms with Crippen LogP contribution in [-0.2, 0) is 26.0 Å². The lowest BCUT2D eigenvalue weighted by Gasteiger charge is -2.13. The topological polar surface area (TPSA) is 97.3 Å². The Morgan fingerprint density at radius 3 is 2.55 bits per heavy atom.